The third kappa shape index (κ3) is 3.58. The van der Waals surface area contributed by atoms with Crippen molar-refractivity contribution < 1.29 is 4.79 Å². The lowest BCUT2D eigenvalue weighted by Gasteiger charge is -2.36. The van der Waals surface area contributed by atoms with Gasteiger partial charge >= 0.3 is 0 Å². The van der Waals surface area contributed by atoms with Gasteiger partial charge in [0, 0.05) is 38.8 Å². The van der Waals surface area contributed by atoms with Crippen LogP contribution >= 0.6 is 0 Å². The Labute approximate surface area is 85.6 Å². The first-order valence-corrected chi connectivity index (χ1v) is 5.24. The van der Waals surface area contributed by atoms with Crippen LogP contribution in [0.2, 0.25) is 0 Å². The van der Waals surface area contributed by atoms with Crippen molar-refractivity contribution >= 4 is 6.08 Å². The van der Waals surface area contributed by atoms with Crippen LogP contribution in [-0.2, 0) is 4.79 Å². The Bertz CT molecular complexity index is 203. The molecule has 0 aliphatic carbocycles. The fourth-order valence-electron chi connectivity index (χ4n) is 1.74. The van der Waals surface area contributed by atoms with E-state index in [0.717, 1.165) is 32.7 Å². The SMILES string of the molecule is CC(C)N1CCN(CCN=C=O)CC1. The van der Waals surface area contributed by atoms with Crippen LogP contribution in [0.3, 0.4) is 0 Å². The fourth-order valence-corrected chi connectivity index (χ4v) is 1.74. The number of carbonyl (C=O) groups excluding carboxylic acids is 1. The molecule has 1 heterocycles. The predicted molar refractivity (Wildman–Crippen MR) is 56.1 cm³/mol. The highest BCUT2D eigenvalue weighted by Crippen LogP contribution is 2.04. The highest BCUT2D eigenvalue weighted by molar-refractivity contribution is 5.32. The minimum atomic E-state index is 0.588. The molecule has 0 spiro atoms. The first kappa shape index (κ1) is 11.4. The molecule has 1 aliphatic heterocycles. The Kier molecular flexibility index (Phi) is 4.80. The van der Waals surface area contributed by atoms with Gasteiger partial charge in [-0.05, 0) is 13.8 Å². The van der Waals surface area contributed by atoms with Gasteiger partial charge in [0.1, 0.15) is 0 Å². The molecule has 1 rings (SSSR count). The maximum Gasteiger partial charge on any atom is 0.234 e. The summed E-state index contributed by atoms with van der Waals surface area (Å²) in [6.45, 7) is 10.4. The van der Waals surface area contributed by atoms with Gasteiger partial charge in [0.05, 0.1) is 6.54 Å². The van der Waals surface area contributed by atoms with Crippen LogP contribution in [0.1, 0.15) is 13.8 Å². The summed E-state index contributed by atoms with van der Waals surface area (Å²) >= 11 is 0. The molecule has 0 aromatic rings. The van der Waals surface area contributed by atoms with Crippen LogP contribution < -0.4 is 0 Å². The average molecular weight is 197 g/mol. The van der Waals surface area contributed by atoms with Crippen molar-refractivity contribution in [2.24, 2.45) is 4.99 Å². The van der Waals surface area contributed by atoms with Gasteiger partial charge in [-0.3, -0.25) is 9.80 Å². The molecule has 0 amide bonds. The van der Waals surface area contributed by atoms with E-state index in [0.29, 0.717) is 12.6 Å². The molecule has 4 nitrogen and oxygen atoms in total. The van der Waals surface area contributed by atoms with E-state index in [1.165, 1.54) is 0 Å². The number of piperazine rings is 1. The number of isocyanates is 1. The van der Waals surface area contributed by atoms with Crippen LogP contribution in [-0.4, -0.2) is 61.2 Å². The van der Waals surface area contributed by atoms with Crippen LogP contribution in [0.4, 0.5) is 0 Å². The van der Waals surface area contributed by atoms with Gasteiger partial charge < -0.3 is 0 Å². The molecule has 0 unspecified atom stereocenters. The van der Waals surface area contributed by atoms with E-state index in [1.54, 1.807) is 6.08 Å². The molecule has 4 heteroatoms. The Morgan fingerprint density at radius 2 is 1.93 bits per heavy atom. The summed E-state index contributed by atoms with van der Waals surface area (Å²) in [5, 5.41) is 0. The molecule has 1 fully saturated rings. The monoisotopic (exact) mass is 197 g/mol. The predicted octanol–water partition coefficient (Wildman–Crippen LogP) is 0.348. The Morgan fingerprint density at radius 1 is 1.29 bits per heavy atom. The van der Waals surface area contributed by atoms with Crippen molar-refractivity contribution in [3.63, 3.8) is 0 Å². The zero-order chi connectivity index (χ0) is 10.4. The van der Waals surface area contributed by atoms with Crippen molar-refractivity contribution in [1.29, 1.82) is 0 Å². The van der Waals surface area contributed by atoms with E-state index < -0.39 is 0 Å². The number of rotatable bonds is 4. The Balaban J connectivity index is 2.18. The number of hydrogen-bond acceptors (Lipinski definition) is 4. The van der Waals surface area contributed by atoms with Gasteiger partial charge in [-0.25, -0.2) is 9.79 Å². The fraction of sp³-hybridized carbons (Fsp3) is 0.900. The van der Waals surface area contributed by atoms with Gasteiger partial charge in [0.25, 0.3) is 0 Å². The minimum absolute atomic E-state index is 0.588. The molecule has 0 saturated carbocycles. The van der Waals surface area contributed by atoms with Gasteiger partial charge in [0.15, 0.2) is 0 Å². The highest BCUT2D eigenvalue weighted by atomic mass is 16.1. The third-order valence-corrected chi connectivity index (χ3v) is 2.73. The van der Waals surface area contributed by atoms with Gasteiger partial charge in [-0.15, -0.1) is 0 Å². The molecule has 0 aromatic heterocycles. The lowest BCUT2D eigenvalue weighted by Crippen LogP contribution is -2.49. The Morgan fingerprint density at radius 3 is 2.43 bits per heavy atom. The number of hydrogen-bond donors (Lipinski definition) is 0. The molecule has 0 bridgehead atoms. The molecular formula is C10H19N3O. The maximum absolute atomic E-state index is 9.87. The van der Waals surface area contributed by atoms with Crippen molar-refractivity contribution in [1.82, 2.24) is 9.80 Å². The lowest BCUT2D eigenvalue weighted by atomic mass is 10.2. The van der Waals surface area contributed by atoms with Crippen LogP contribution in [0.15, 0.2) is 4.99 Å². The molecule has 0 aromatic carbocycles. The average Bonchev–Trinajstić information content (AvgIpc) is 2.19. The Hall–Kier alpha value is -0.700. The molecule has 0 radical (unpaired) electrons. The third-order valence-electron chi connectivity index (χ3n) is 2.73. The summed E-state index contributed by atoms with van der Waals surface area (Å²) in [5.41, 5.74) is 0. The number of nitrogens with zero attached hydrogens (tertiary/aromatic N) is 3. The van der Waals surface area contributed by atoms with Crippen molar-refractivity contribution in [3.8, 4) is 0 Å². The lowest BCUT2D eigenvalue weighted by molar-refractivity contribution is 0.111. The quantitative estimate of drug-likeness (QED) is 0.482. The van der Waals surface area contributed by atoms with Crippen molar-refractivity contribution in [2.75, 3.05) is 39.3 Å². The van der Waals surface area contributed by atoms with E-state index in [9.17, 15) is 4.79 Å². The van der Waals surface area contributed by atoms with Crippen molar-refractivity contribution in [3.05, 3.63) is 0 Å². The first-order chi connectivity index (χ1) is 6.74. The van der Waals surface area contributed by atoms with E-state index in [4.69, 9.17) is 0 Å². The van der Waals surface area contributed by atoms with E-state index >= 15 is 0 Å². The summed E-state index contributed by atoms with van der Waals surface area (Å²) in [5.74, 6) is 0. The zero-order valence-corrected chi connectivity index (χ0v) is 9.07. The molecule has 0 atom stereocenters. The van der Waals surface area contributed by atoms with E-state index in [-0.39, 0.29) is 0 Å². The largest absolute Gasteiger partial charge is 0.299 e. The highest BCUT2D eigenvalue weighted by Gasteiger charge is 2.17. The zero-order valence-electron chi connectivity index (χ0n) is 9.07. The van der Waals surface area contributed by atoms with E-state index in [1.807, 2.05) is 0 Å². The topological polar surface area (TPSA) is 35.9 Å². The molecule has 1 saturated heterocycles. The maximum atomic E-state index is 9.87. The second-order valence-electron chi connectivity index (χ2n) is 3.94. The first-order valence-electron chi connectivity index (χ1n) is 5.24. The summed E-state index contributed by atoms with van der Waals surface area (Å²) in [4.78, 5) is 18.2. The van der Waals surface area contributed by atoms with Crippen LogP contribution in [0, 0.1) is 0 Å². The number of aliphatic imine (C=N–C) groups is 1. The molecular weight excluding hydrogens is 178 g/mol. The molecule has 0 N–H and O–H groups in total. The standard InChI is InChI=1S/C10H19N3O/c1-10(2)13-7-5-12(6-8-13)4-3-11-9-14/h10H,3-8H2,1-2H3. The molecule has 14 heavy (non-hydrogen) atoms. The van der Waals surface area contributed by atoms with Crippen molar-refractivity contribution in [2.45, 2.75) is 19.9 Å². The van der Waals surface area contributed by atoms with Crippen LogP contribution in [0.5, 0.6) is 0 Å². The minimum Gasteiger partial charge on any atom is -0.299 e. The van der Waals surface area contributed by atoms with Gasteiger partial charge in [-0.2, -0.15) is 0 Å². The smallest absolute Gasteiger partial charge is 0.234 e. The van der Waals surface area contributed by atoms with Crippen LogP contribution in [0.25, 0.3) is 0 Å². The second kappa shape index (κ2) is 5.91. The molecule has 80 valence electrons. The summed E-state index contributed by atoms with van der Waals surface area (Å²) in [6.07, 6.45) is 1.57. The van der Waals surface area contributed by atoms with Gasteiger partial charge in [-0.1, -0.05) is 0 Å². The summed E-state index contributed by atoms with van der Waals surface area (Å²) in [6, 6.07) is 0.644. The van der Waals surface area contributed by atoms with Gasteiger partial charge in [0.2, 0.25) is 6.08 Å². The summed E-state index contributed by atoms with van der Waals surface area (Å²) in [7, 11) is 0. The molecule has 1 aliphatic rings. The van der Waals surface area contributed by atoms with E-state index in [2.05, 4.69) is 28.6 Å². The second-order valence-corrected chi connectivity index (χ2v) is 3.94. The summed E-state index contributed by atoms with van der Waals surface area (Å²) < 4.78 is 0. The normalized spacial score (nSPS) is 19.6.